The van der Waals surface area contributed by atoms with Crippen LogP contribution >= 0.6 is 0 Å². The van der Waals surface area contributed by atoms with Gasteiger partial charge in [0, 0.05) is 2.74 Å². The lowest BCUT2D eigenvalue weighted by molar-refractivity contribution is -0.0573. The van der Waals surface area contributed by atoms with E-state index in [1.54, 1.807) is 0 Å². The molecule has 0 aromatic carbocycles. The number of aliphatic hydroxyl groups excluding tert-OH is 1. The molecule has 0 aromatic heterocycles. The van der Waals surface area contributed by atoms with Gasteiger partial charge in [0.2, 0.25) is 0 Å². The maximum Gasteiger partial charge on any atom is 0.0577 e. The van der Waals surface area contributed by atoms with Crippen molar-refractivity contribution < 1.29 is 7.85 Å². The minimum absolute atomic E-state index is 0.198. The van der Waals surface area contributed by atoms with Crippen LogP contribution in [-0.2, 0) is 0 Å². The molecule has 0 aromatic rings. The largest absolute Gasteiger partial charge is 0.393 e. The lowest BCUT2D eigenvalue weighted by Gasteiger charge is -2.58. The van der Waals surface area contributed by atoms with E-state index in [2.05, 4.69) is 40.7 Å². The van der Waals surface area contributed by atoms with Gasteiger partial charge in [-0.2, -0.15) is 0 Å². The molecule has 4 rings (SSSR count). The summed E-state index contributed by atoms with van der Waals surface area (Å²) < 4.78 is 17.4. The zero-order chi connectivity index (χ0) is 21.8. The molecule has 160 valence electrons. The van der Waals surface area contributed by atoms with E-state index in [4.69, 9.17) is 2.74 Å². The van der Waals surface area contributed by atoms with Gasteiger partial charge in [-0.15, -0.1) is 0 Å². The molecule has 3 fully saturated rings. The van der Waals surface area contributed by atoms with Crippen LogP contribution in [0.3, 0.4) is 0 Å². The second-order valence-electron chi connectivity index (χ2n) is 11.8. The van der Waals surface area contributed by atoms with Crippen molar-refractivity contribution in [2.75, 3.05) is 0 Å². The van der Waals surface area contributed by atoms with Crippen molar-refractivity contribution >= 4 is 0 Å². The lowest BCUT2D eigenvalue weighted by atomic mass is 9.47. The quantitative estimate of drug-likeness (QED) is 0.485. The van der Waals surface area contributed by atoms with Gasteiger partial charge in [0.15, 0.2) is 0 Å². The van der Waals surface area contributed by atoms with Crippen molar-refractivity contribution in [1.29, 1.82) is 0 Å². The SMILES string of the molecule is [3H]C1C([3H])[C@@]2(C)C(=CC[C@H]3[C@@H]4CC[C@H]([C@H](C)CCCC(C)C)[C@@]4(C)CC[C@@H]32)C[C@H]1O. The summed E-state index contributed by atoms with van der Waals surface area (Å²) in [4.78, 5) is 0. The molecule has 0 radical (unpaired) electrons. The maximum atomic E-state index is 10.3. The van der Waals surface area contributed by atoms with E-state index in [9.17, 15) is 5.11 Å². The van der Waals surface area contributed by atoms with Crippen molar-refractivity contribution in [3.8, 4) is 0 Å². The van der Waals surface area contributed by atoms with Gasteiger partial charge in [0.05, 0.1) is 6.10 Å². The summed E-state index contributed by atoms with van der Waals surface area (Å²) in [7, 11) is 0. The van der Waals surface area contributed by atoms with Crippen LogP contribution in [0.15, 0.2) is 11.6 Å². The van der Waals surface area contributed by atoms with Crippen LogP contribution in [0.25, 0.3) is 0 Å². The molecule has 4 aliphatic carbocycles. The van der Waals surface area contributed by atoms with Crippen LogP contribution in [0.4, 0.5) is 0 Å². The highest BCUT2D eigenvalue weighted by atomic mass is 16.3. The molecule has 10 atom stereocenters. The Morgan fingerprint density at radius 2 is 1.93 bits per heavy atom. The molecule has 1 N–H and O–H groups in total. The van der Waals surface area contributed by atoms with Gasteiger partial charge < -0.3 is 5.11 Å². The molecular weight excluding hydrogens is 340 g/mol. The number of aliphatic hydroxyl groups is 1. The predicted octanol–water partition coefficient (Wildman–Crippen LogP) is 7.39. The Hall–Kier alpha value is -0.300. The standard InChI is InChI=1S/C27H46O/c1-18(2)7-6-8-19(3)23-11-12-24-22-10-9-20-17-21(28)13-15-26(20,4)25(22)14-16-27(23,24)5/h9,18-19,21-25,28H,6-8,10-17H2,1-5H3/t19-,21+,22+,23-,24+,25+,26+,27-/m1/s1/i13T,15T/t13?,15?,19-,21+,22+,23-,24+,25+,26+,27-. The first-order valence-corrected chi connectivity index (χ1v) is 12.3. The average molecular weight is 391 g/mol. The van der Waals surface area contributed by atoms with Crippen LogP contribution in [0, 0.1) is 46.3 Å². The minimum atomic E-state index is -0.656. The topological polar surface area (TPSA) is 20.2 Å². The molecule has 0 spiro atoms. The summed E-state index contributed by atoms with van der Waals surface area (Å²) in [5.74, 6) is 4.50. The van der Waals surface area contributed by atoms with Gasteiger partial charge in [-0.1, -0.05) is 65.5 Å². The monoisotopic (exact) mass is 390 g/mol. The molecule has 0 amide bonds. The number of allylic oxidation sites excluding steroid dienone is 1. The first-order chi connectivity index (χ1) is 14.1. The fraction of sp³-hybridized carbons (Fsp3) is 0.926. The highest BCUT2D eigenvalue weighted by molar-refractivity contribution is 5.25. The summed E-state index contributed by atoms with van der Waals surface area (Å²) in [5.41, 5.74) is 1.57. The fourth-order valence-corrected chi connectivity index (χ4v) is 8.26. The zero-order valence-corrected chi connectivity index (χ0v) is 19.1. The van der Waals surface area contributed by atoms with Gasteiger partial charge in [0.1, 0.15) is 0 Å². The van der Waals surface area contributed by atoms with E-state index in [1.807, 2.05) is 0 Å². The third-order valence-electron chi connectivity index (χ3n) is 9.83. The first-order valence-electron chi connectivity index (χ1n) is 13.5. The molecule has 0 heterocycles. The van der Waals surface area contributed by atoms with Crippen molar-refractivity contribution in [3.05, 3.63) is 11.6 Å². The van der Waals surface area contributed by atoms with Gasteiger partial charge in [-0.3, -0.25) is 0 Å². The molecule has 0 bridgehead atoms. The fourth-order valence-electron chi connectivity index (χ4n) is 8.26. The molecule has 3 saturated carbocycles. The number of hydrogen-bond donors (Lipinski definition) is 1. The maximum absolute atomic E-state index is 10.3. The normalized spacial score (nSPS) is 52.8. The highest BCUT2D eigenvalue weighted by Crippen LogP contribution is 2.67. The first kappa shape index (κ1) is 18.5. The minimum Gasteiger partial charge on any atom is -0.393 e. The van der Waals surface area contributed by atoms with Crippen molar-refractivity contribution in [3.63, 3.8) is 0 Å². The molecule has 28 heavy (non-hydrogen) atoms. The van der Waals surface area contributed by atoms with Crippen molar-refractivity contribution in [1.82, 2.24) is 0 Å². The third kappa shape index (κ3) is 3.42. The smallest absolute Gasteiger partial charge is 0.0577 e. The second kappa shape index (κ2) is 7.75. The van der Waals surface area contributed by atoms with Crippen LogP contribution in [0.1, 0.15) is 108 Å². The van der Waals surface area contributed by atoms with Crippen molar-refractivity contribution in [2.24, 2.45) is 46.3 Å². The van der Waals surface area contributed by atoms with Crippen LogP contribution in [0.5, 0.6) is 0 Å². The van der Waals surface area contributed by atoms with Gasteiger partial charge in [0.25, 0.3) is 0 Å². The predicted molar refractivity (Wildman–Crippen MR) is 119 cm³/mol. The van der Waals surface area contributed by atoms with Gasteiger partial charge >= 0.3 is 0 Å². The number of fused-ring (bicyclic) bond motifs is 5. The van der Waals surface area contributed by atoms with E-state index >= 15 is 0 Å². The van der Waals surface area contributed by atoms with E-state index in [-0.39, 0.29) is 5.41 Å². The highest BCUT2D eigenvalue weighted by Gasteiger charge is 2.59. The summed E-state index contributed by atoms with van der Waals surface area (Å²) in [6, 6.07) is 0. The Morgan fingerprint density at radius 1 is 1.14 bits per heavy atom. The molecule has 1 heteroatoms. The zero-order valence-electron chi connectivity index (χ0n) is 21.1. The summed E-state index contributed by atoms with van der Waals surface area (Å²) >= 11 is 0. The summed E-state index contributed by atoms with van der Waals surface area (Å²) in [5, 5.41) is 10.3. The van der Waals surface area contributed by atoms with Crippen LogP contribution < -0.4 is 0 Å². The molecule has 0 aliphatic heterocycles. The Morgan fingerprint density at radius 3 is 2.68 bits per heavy atom. The van der Waals surface area contributed by atoms with Gasteiger partial charge in [-0.25, -0.2) is 0 Å². The van der Waals surface area contributed by atoms with Gasteiger partial charge in [-0.05, 0) is 97.7 Å². The van der Waals surface area contributed by atoms with E-state index in [1.165, 1.54) is 50.5 Å². The van der Waals surface area contributed by atoms with E-state index in [0.717, 1.165) is 30.1 Å². The Kier molecular flexibility index (Phi) is 5.11. The van der Waals surface area contributed by atoms with E-state index in [0.29, 0.717) is 23.7 Å². The molecular formula is C27H46O. The Labute approximate surface area is 177 Å². The molecule has 2 unspecified atom stereocenters. The van der Waals surface area contributed by atoms with Crippen LogP contribution in [0.2, 0.25) is 0 Å². The van der Waals surface area contributed by atoms with E-state index < -0.39 is 18.9 Å². The lowest BCUT2D eigenvalue weighted by Crippen LogP contribution is -2.50. The molecule has 4 aliphatic rings. The third-order valence-corrected chi connectivity index (χ3v) is 9.83. The number of hydrogen-bond acceptors (Lipinski definition) is 1. The summed E-state index contributed by atoms with van der Waals surface area (Å²) in [6.07, 6.45) is 11.8. The molecule has 0 saturated heterocycles. The average Bonchev–Trinajstić information content (AvgIpc) is 3.04. The van der Waals surface area contributed by atoms with Crippen molar-refractivity contribution in [2.45, 2.75) is 111 Å². The van der Waals surface area contributed by atoms with Crippen LogP contribution in [-0.4, -0.2) is 11.2 Å². The Balaban J connectivity index is 1.53. The number of rotatable bonds is 5. The summed E-state index contributed by atoms with van der Waals surface area (Å²) in [6.45, 7) is 12.1. The Bertz CT molecular complexity index is 659. The molecule has 1 nitrogen and oxygen atoms in total. The second-order valence-corrected chi connectivity index (χ2v) is 11.8.